The summed E-state index contributed by atoms with van der Waals surface area (Å²) in [4.78, 5) is 12.2. The molecule has 0 radical (unpaired) electrons. The van der Waals surface area contributed by atoms with Gasteiger partial charge in [0, 0.05) is 13.2 Å². The van der Waals surface area contributed by atoms with Gasteiger partial charge in [0.25, 0.3) is 0 Å². The van der Waals surface area contributed by atoms with E-state index in [1.165, 1.54) is 0 Å². The molecule has 0 aromatic heterocycles. The second-order valence-corrected chi connectivity index (χ2v) is 5.08. The van der Waals surface area contributed by atoms with Crippen molar-refractivity contribution >= 4 is 5.91 Å². The molecule has 2 fully saturated rings. The number of carbonyl (C=O) groups is 1. The predicted molar refractivity (Wildman–Crippen MR) is 61.9 cm³/mol. The first-order valence-corrected chi connectivity index (χ1v) is 6.36. The highest BCUT2D eigenvalue weighted by atomic mass is 16.5. The molecule has 16 heavy (non-hydrogen) atoms. The fourth-order valence-corrected chi connectivity index (χ4v) is 2.77. The highest BCUT2D eigenvalue weighted by molar-refractivity contribution is 5.83. The summed E-state index contributed by atoms with van der Waals surface area (Å²) in [5, 5.41) is 3.11. The van der Waals surface area contributed by atoms with Crippen molar-refractivity contribution < 1.29 is 9.53 Å². The largest absolute Gasteiger partial charge is 0.379 e. The molecule has 0 aromatic rings. The maximum absolute atomic E-state index is 12.2. The Kier molecular flexibility index (Phi) is 3.82. The number of amides is 1. The van der Waals surface area contributed by atoms with Crippen molar-refractivity contribution in [1.82, 2.24) is 5.32 Å². The van der Waals surface area contributed by atoms with Crippen molar-refractivity contribution in [3.63, 3.8) is 0 Å². The molecule has 1 aliphatic heterocycles. The third-order valence-electron chi connectivity index (χ3n) is 3.93. The lowest BCUT2D eigenvalue weighted by Gasteiger charge is -2.30. The highest BCUT2D eigenvalue weighted by Crippen LogP contribution is 2.37. The second-order valence-electron chi connectivity index (χ2n) is 5.08. The van der Waals surface area contributed by atoms with E-state index in [1.54, 1.807) is 0 Å². The summed E-state index contributed by atoms with van der Waals surface area (Å²) in [6.07, 6.45) is 6.23. The van der Waals surface area contributed by atoms with Crippen molar-refractivity contribution in [1.29, 1.82) is 0 Å². The molecule has 1 atom stereocenters. The topological polar surface area (TPSA) is 64.4 Å². The first kappa shape index (κ1) is 11.9. The van der Waals surface area contributed by atoms with Crippen LogP contribution in [0.5, 0.6) is 0 Å². The Labute approximate surface area is 96.9 Å². The van der Waals surface area contributed by atoms with Gasteiger partial charge in [-0.25, -0.2) is 0 Å². The zero-order valence-electron chi connectivity index (χ0n) is 9.84. The van der Waals surface area contributed by atoms with Gasteiger partial charge in [-0.15, -0.1) is 0 Å². The predicted octanol–water partition coefficient (Wildman–Crippen LogP) is 0.801. The number of nitrogens with one attached hydrogen (secondary N) is 1. The summed E-state index contributed by atoms with van der Waals surface area (Å²) in [6.45, 7) is 1.97. The second kappa shape index (κ2) is 5.15. The Morgan fingerprint density at radius 2 is 2.12 bits per heavy atom. The normalized spacial score (nSPS) is 28.9. The third kappa shape index (κ3) is 2.38. The fourth-order valence-electron chi connectivity index (χ4n) is 2.77. The summed E-state index contributed by atoms with van der Waals surface area (Å²) < 4.78 is 5.37. The molecular weight excluding hydrogens is 204 g/mol. The van der Waals surface area contributed by atoms with Crippen molar-refractivity contribution in [2.45, 2.75) is 44.6 Å². The average molecular weight is 226 g/mol. The van der Waals surface area contributed by atoms with Crippen LogP contribution in [0.25, 0.3) is 0 Å². The summed E-state index contributed by atoms with van der Waals surface area (Å²) in [5.41, 5.74) is 5.50. The standard InChI is InChI=1S/C12H22N2O2/c13-9-12(5-1-2-6-12)11(15)14-10-4-3-7-16-8-10/h10H,1-9,13H2,(H,14,15). The first-order chi connectivity index (χ1) is 7.77. The van der Waals surface area contributed by atoms with Crippen molar-refractivity contribution in [3.8, 4) is 0 Å². The molecule has 3 N–H and O–H groups in total. The van der Waals surface area contributed by atoms with Gasteiger partial charge in [0.2, 0.25) is 5.91 Å². The van der Waals surface area contributed by atoms with Gasteiger partial charge in [0.1, 0.15) is 0 Å². The van der Waals surface area contributed by atoms with Crippen LogP contribution in [0.15, 0.2) is 0 Å². The molecule has 1 heterocycles. The zero-order chi connectivity index (χ0) is 11.4. The van der Waals surface area contributed by atoms with Crippen LogP contribution in [0.2, 0.25) is 0 Å². The molecule has 2 rings (SSSR count). The number of rotatable bonds is 3. The Morgan fingerprint density at radius 1 is 1.38 bits per heavy atom. The number of hydrogen-bond acceptors (Lipinski definition) is 3. The van der Waals surface area contributed by atoms with Gasteiger partial charge in [0.05, 0.1) is 18.1 Å². The van der Waals surface area contributed by atoms with E-state index in [2.05, 4.69) is 5.32 Å². The van der Waals surface area contributed by atoms with E-state index in [4.69, 9.17) is 10.5 Å². The minimum absolute atomic E-state index is 0.156. The molecule has 0 aromatic carbocycles. The number of ether oxygens (including phenoxy) is 1. The summed E-state index contributed by atoms with van der Waals surface area (Å²) in [7, 11) is 0. The number of nitrogens with two attached hydrogens (primary N) is 1. The number of hydrogen-bond donors (Lipinski definition) is 2. The van der Waals surface area contributed by atoms with Gasteiger partial charge >= 0.3 is 0 Å². The lowest BCUT2D eigenvalue weighted by Crippen LogP contribution is -2.50. The third-order valence-corrected chi connectivity index (χ3v) is 3.93. The molecule has 1 saturated carbocycles. The van der Waals surface area contributed by atoms with Gasteiger partial charge in [-0.3, -0.25) is 4.79 Å². The van der Waals surface area contributed by atoms with Crippen molar-refractivity contribution in [2.75, 3.05) is 19.8 Å². The van der Waals surface area contributed by atoms with E-state index in [9.17, 15) is 4.79 Å². The van der Waals surface area contributed by atoms with Crippen LogP contribution >= 0.6 is 0 Å². The Morgan fingerprint density at radius 3 is 2.69 bits per heavy atom. The van der Waals surface area contributed by atoms with Gasteiger partial charge in [0.15, 0.2) is 0 Å². The minimum atomic E-state index is -0.280. The first-order valence-electron chi connectivity index (χ1n) is 6.36. The Bertz CT molecular complexity index is 243. The van der Waals surface area contributed by atoms with Gasteiger partial charge in [-0.1, -0.05) is 12.8 Å². The van der Waals surface area contributed by atoms with E-state index < -0.39 is 0 Å². The molecule has 92 valence electrons. The molecule has 0 spiro atoms. The molecule has 0 bridgehead atoms. The van der Waals surface area contributed by atoms with Gasteiger partial charge in [-0.05, 0) is 25.7 Å². The van der Waals surface area contributed by atoms with E-state index in [0.29, 0.717) is 13.2 Å². The minimum Gasteiger partial charge on any atom is -0.379 e. The summed E-state index contributed by atoms with van der Waals surface area (Å²) >= 11 is 0. The maximum atomic E-state index is 12.2. The monoisotopic (exact) mass is 226 g/mol. The van der Waals surface area contributed by atoms with Crippen LogP contribution in [0.4, 0.5) is 0 Å². The zero-order valence-corrected chi connectivity index (χ0v) is 9.84. The molecule has 1 unspecified atom stereocenters. The molecular formula is C12H22N2O2. The van der Waals surface area contributed by atoms with E-state index >= 15 is 0 Å². The molecule has 4 heteroatoms. The summed E-state index contributed by atoms with van der Waals surface area (Å²) in [6, 6.07) is 0.199. The van der Waals surface area contributed by atoms with Gasteiger partial charge < -0.3 is 15.8 Å². The average Bonchev–Trinajstić information content (AvgIpc) is 2.80. The van der Waals surface area contributed by atoms with Crippen LogP contribution in [0.1, 0.15) is 38.5 Å². The van der Waals surface area contributed by atoms with E-state index in [0.717, 1.165) is 45.1 Å². The maximum Gasteiger partial charge on any atom is 0.227 e. The van der Waals surface area contributed by atoms with E-state index in [1.807, 2.05) is 0 Å². The molecule has 1 saturated heterocycles. The quantitative estimate of drug-likeness (QED) is 0.748. The van der Waals surface area contributed by atoms with E-state index in [-0.39, 0.29) is 17.4 Å². The van der Waals surface area contributed by atoms with Crippen molar-refractivity contribution in [3.05, 3.63) is 0 Å². The van der Waals surface area contributed by atoms with Crippen LogP contribution < -0.4 is 11.1 Å². The SMILES string of the molecule is NCC1(C(=O)NC2CCCOC2)CCCC1. The molecule has 4 nitrogen and oxygen atoms in total. The fraction of sp³-hybridized carbons (Fsp3) is 0.917. The molecule has 1 aliphatic carbocycles. The lowest BCUT2D eigenvalue weighted by atomic mass is 9.85. The Hall–Kier alpha value is -0.610. The summed E-state index contributed by atoms with van der Waals surface area (Å²) in [5.74, 6) is 0.156. The Balaban J connectivity index is 1.90. The molecule has 2 aliphatic rings. The smallest absolute Gasteiger partial charge is 0.227 e. The van der Waals surface area contributed by atoms with Crippen molar-refractivity contribution in [2.24, 2.45) is 11.1 Å². The van der Waals surface area contributed by atoms with Crippen LogP contribution in [-0.4, -0.2) is 31.7 Å². The van der Waals surface area contributed by atoms with Crippen LogP contribution in [0.3, 0.4) is 0 Å². The lowest BCUT2D eigenvalue weighted by molar-refractivity contribution is -0.132. The highest BCUT2D eigenvalue weighted by Gasteiger charge is 2.40. The molecule has 1 amide bonds. The van der Waals surface area contributed by atoms with Gasteiger partial charge in [-0.2, -0.15) is 0 Å². The van der Waals surface area contributed by atoms with Crippen LogP contribution in [-0.2, 0) is 9.53 Å². The number of carbonyl (C=O) groups excluding carboxylic acids is 1. The van der Waals surface area contributed by atoms with Crippen LogP contribution in [0, 0.1) is 5.41 Å².